The van der Waals surface area contributed by atoms with Crippen molar-refractivity contribution in [2.45, 2.75) is 0 Å². The van der Waals surface area contributed by atoms with Crippen LogP contribution in [0.1, 0.15) is 22.8 Å². The fourth-order valence-corrected chi connectivity index (χ4v) is 8.23. The molecular formula is C44H26Cl4N4. The van der Waals surface area contributed by atoms with Gasteiger partial charge < -0.3 is 4.98 Å². The molecule has 4 nitrogen and oxygen atoms in total. The lowest BCUT2D eigenvalue weighted by molar-refractivity contribution is 1.29. The quantitative estimate of drug-likeness (QED) is 0.195. The Balaban J connectivity index is 1.57. The minimum atomic E-state index is 0.271. The first-order chi connectivity index (χ1) is 25.5. The van der Waals surface area contributed by atoms with Crippen LogP contribution in [-0.4, -0.2) is 19.0 Å². The van der Waals surface area contributed by atoms with Crippen molar-refractivity contribution in [3.63, 3.8) is 0 Å². The van der Waals surface area contributed by atoms with Gasteiger partial charge in [0.1, 0.15) is 0 Å². The van der Waals surface area contributed by atoms with Crippen LogP contribution in [0.3, 0.4) is 0 Å². The number of hydrogen-bond donors (Lipinski definition) is 1. The number of rotatable bonds is 4. The standard InChI is InChI=1S/C44H26Cl4N4/c45-30-25-35-37(27-15-7-2-8-16-27)33-22-21-31(49-33)36(26-13-5-1-6-14-26)32-23-24-34(50-32)38(28-17-9-3-10-18-28)43-40(46)41(47)44(52(43)48)39(42(30)51-35)29-19-11-4-12-20-29/h1-25,49H. The summed E-state index contributed by atoms with van der Waals surface area (Å²) in [6, 6.07) is 44.4. The fourth-order valence-electron chi connectivity index (χ4n) is 7.03. The van der Waals surface area contributed by atoms with E-state index in [0.717, 1.165) is 55.7 Å². The maximum atomic E-state index is 7.47. The Kier molecular flexibility index (Phi) is 8.33. The van der Waals surface area contributed by atoms with E-state index in [1.807, 2.05) is 115 Å². The first kappa shape index (κ1) is 32.5. The van der Waals surface area contributed by atoms with Crippen molar-refractivity contribution >= 4 is 91.9 Å². The summed E-state index contributed by atoms with van der Waals surface area (Å²) >= 11 is 29.2. The van der Waals surface area contributed by atoms with E-state index in [4.69, 9.17) is 56.5 Å². The number of fused-ring (bicyclic) bond motifs is 8. The third kappa shape index (κ3) is 5.47. The summed E-state index contributed by atoms with van der Waals surface area (Å²) in [5.41, 5.74) is 12.2. The number of H-pyrrole nitrogens is 1. The Labute approximate surface area is 320 Å². The number of nitrogens with zero attached hydrogens (tertiary/aromatic N) is 3. The average Bonchev–Trinajstić information content (AvgIpc) is 3.98. The van der Waals surface area contributed by atoms with E-state index >= 15 is 0 Å². The number of aromatic amines is 1. The van der Waals surface area contributed by atoms with Gasteiger partial charge in [0.25, 0.3) is 0 Å². The van der Waals surface area contributed by atoms with Crippen molar-refractivity contribution in [2.75, 3.05) is 0 Å². The second-order valence-corrected chi connectivity index (χ2v) is 13.9. The highest BCUT2D eigenvalue weighted by molar-refractivity contribution is 6.53. The van der Waals surface area contributed by atoms with Crippen LogP contribution in [0.15, 0.2) is 133 Å². The van der Waals surface area contributed by atoms with Gasteiger partial charge in [0.2, 0.25) is 0 Å². The number of hydrogen-bond acceptors (Lipinski definition) is 2. The highest BCUT2D eigenvalue weighted by Crippen LogP contribution is 2.47. The normalized spacial score (nSPS) is 12.3. The van der Waals surface area contributed by atoms with Gasteiger partial charge in [0.15, 0.2) is 0 Å². The van der Waals surface area contributed by atoms with Crippen LogP contribution in [0.5, 0.6) is 0 Å². The van der Waals surface area contributed by atoms with Crippen molar-refractivity contribution < 1.29 is 0 Å². The largest absolute Gasteiger partial charge is 0.354 e. The van der Waals surface area contributed by atoms with E-state index in [1.54, 1.807) is 0 Å². The fraction of sp³-hybridized carbons (Fsp3) is 0. The maximum Gasteiger partial charge on any atom is 0.0924 e. The maximum absolute atomic E-state index is 7.47. The summed E-state index contributed by atoms with van der Waals surface area (Å²) in [6.07, 6.45) is 5.93. The molecule has 0 radical (unpaired) electrons. The zero-order valence-electron chi connectivity index (χ0n) is 27.3. The van der Waals surface area contributed by atoms with Gasteiger partial charge in [-0.2, -0.15) is 0 Å². The molecular weight excluding hydrogens is 726 g/mol. The molecule has 8 heteroatoms. The molecule has 4 aromatic carbocycles. The van der Waals surface area contributed by atoms with Gasteiger partial charge in [-0.05, 0) is 52.6 Å². The lowest BCUT2D eigenvalue weighted by atomic mass is 10.0. The molecule has 0 aliphatic carbocycles. The first-order valence-corrected chi connectivity index (χ1v) is 18.1. The average molecular weight is 753 g/mol. The molecule has 0 atom stereocenters. The van der Waals surface area contributed by atoms with Crippen LogP contribution >= 0.6 is 46.6 Å². The summed E-state index contributed by atoms with van der Waals surface area (Å²) in [7, 11) is 0. The van der Waals surface area contributed by atoms with Gasteiger partial charge in [-0.15, -0.1) is 0 Å². The van der Waals surface area contributed by atoms with E-state index < -0.39 is 0 Å². The van der Waals surface area contributed by atoms with Crippen LogP contribution in [0.4, 0.5) is 0 Å². The van der Waals surface area contributed by atoms with E-state index in [0.29, 0.717) is 38.7 Å². The van der Waals surface area contributed by atoms with Crippen LogP contribution in [0.2, 0.25) is 10.0 Å². The highest BCUT2D eigenvalue weighted by Gasteiger charge is 2.26. The van der Waals surface area contributed by atoms with E-state index in [1.165, 1.54) is 4.09 Å². The predicted molar refractivity (Wildman–Crippen MR) is 220 cm³/mol. The summed E-state index contributed by atoms with van der Waals surface area (Å²) < 4.78 is 1.53. The highest BCUT2D eigenvalue weighted by atomic mass is 35.5. The molecule has 250 valence electrons. The number of benzene rings is 4. The Morgan fingerprint density at radius 3 is 1.35 bits per heavy atom. The van der Waals surface area contributed by atoms with E-state index in [-0.39, 0.29) is 10.0 Å². The van der Waals surface area contributed by atoms with Crippen molar-refractivity contribution in [1.82, 2.24) is 19.0 Å². The molecule has 7 aromatic rings. The molecule has 0 amide bonds. The molecule has 0 fully saturated rings. The van der Waals surface area contributed by atoms with E-state index in [9.17, 15) is 0 Å². The van der Waals surface area contributed by atoms with Gasteiger partial charge in [-0.3, -0.25) is 0 Å². The Hall–Kier alpha value is -5.36. The molecule has 2 aliphatic heterocycles. The molecule has 8 bridgehead atoms. The van der Waals surface area contributed by atoms with Gasteiger partial charge in [-0.1, -0.05) is 156 Å². The van der Waals surface area contributed by atoms with Crippen LogP contribution in [-0.2, 0) is 0 Å². The van der Waals surface area contributed by atoms with Gasteiger partial charge in [-0.25, -0.2) is 14.1 Å². The molecule has 52 heavy (non-hydrogen) atoms. The molecule has 2 aliphatic rings. The van der Waals surface area contributed by atoms with Crippen molar-refractivity contribution in [1.29, 1.82) is 0 Å². The molecule has 0 saturated heterocycles. The number of nitrogens with one attached hydrogen (secondary N) is 1. The summed E-state index contributed by atoms with van der Waals surface area (Å²) in [5, 5.41) is 0.997. The van der Waals surface area contributed by atoms with E-state index in [2.05, 4.69) is 41.4 Å². The minimum absolute atomic E-state index is 0.271. The SMILES string of the molecule is ClC1=Cc2nc1c(-c1ccccc1)c1c(Cl)c(Cl)c(c(-c3ccccc3)c3nc(c(-c4ccccc4)c4ccc([nH]4)c2-c2ccccc2)C=C3)n1Cl. The van der Waals surface area contributed by atoms with Crippen molar-refractivity contribution in [2.24, 2.45) is 0 Å². The van der Waals surface area contributed by atoms with Crippen LogP contribution in [0, 0.1) is 0 Å². The Morgan fingerprint density at radius 2 is 0.846 bits per heavy atom. The zero-order chi connectivity index (χ0) is 35.3. The zero-order valence-corrected chi connectivity index (χ0v) is 30.3. The van der Waals surface area contributed by atoms with Crippen LogP contribution in [0.25, 0.3) is 89.8 Å². The molecule has 0 spiro atoms. The predicted octanol–water partition coefficient (Wildman–Crippen LogP) is 13.7. The van der Waals surface area contributed by atoms with Gasteiger partial charge >= 0.3 is 0 Å². The topological polar surface area (TPSA) is 46.5 Å². The Morgan fingerprint density at radius 1 is 0.442 bits per heavy atom. The number of halogens is 4. The Bertz CT molecular complexity index is 2750. The summed E-state index contributed by atoms with van der Waals surface area (Å²) in [6.45, 7) is 0. The monoisotopic (exact) mass is 750 g/mol. The molecule has 0 saturated carbocycles. The molecule has 3 aromatic heterocycles. The van der Waals surface area contributed by atoms with Gasteiger partial charge in [0, 0.05) is 45.1 Å². The second-order valence-electron chi connectivity index (χ2n) is 12.4. The summed E-state index contributed by atoms with van der Waals surface area (Å²) in [5.74, 6) is 0. The lowest BCUT2D eigenvalue weighted by Crippen LogP contribution is -1.93. The third-order valence-corrected chi connectivity index (χ3v) is 10.8. The second kappa shape index (κ2) is 13.3. The first-order valence-electron chi connectivity index (χ1n) is 16.6. The minimum Gasteiger partial charge on any atom is -0.354 e. The summed E-state index contributed by atoms with van der Waals surface area (Å²) in [4.78, 5) is 14.3. The number of aromatic nitrogens is 4. The molecule has 1 N–H and O–H groups in total. The third-order valence-electron chi connectivity index (χ3n) is 9.32. The molecule has 0 unspecified atom stereocenters. The molecule has 9 rings (SSSR count). The van der Waals surface area contributed by atoms with Gasteiger partial charge in [0.05, 0.1) is 48.9 Å². The smallest absolute Gasteiger partial charge is 0.0924 e. The molecule has 5 heterocycles. The lowest BCUT2D eigenvalue weighted by Gasteiger charge is -2.09. The van der Waals surface area contributed by atoms with Crippen molar-refractivity contribution in [3.8, 4) is 44.5 Å². The van der Waals surface area contributed by atoms with Crippen molar-refractivity contribution in [3.05, 3.63) is 166 Å². The van der Waals surface area contributed by atoms with Crippen LogP contribution < -0.4 is 0 Å².